The molecule has 0 saturated carbocycles. The number of unbranched alkanes of at least 4 members (excludes halogenated alkanes) is 3. The van der Waals surface area contributed by atoms with Crippen molar-refractivity contribution in [2.45, 2.75) is 102 Å². The van der Waals surface area contributed by atoms with Gasteiger partial charge in [-0.25, -0.2) is 0 Å². The largest absolute Gasteiger partial charge is 0.485 e. The van der Waals surface area contributed by atoms with E-state index in [1.807, 2.05) is 13.8 Å². The zero-order chi connectivity index (χ0) is 22.9. The SMILES string of the molecule is CC1=CC[C@@]2(O)[C@H](C1)c1ccc(C(C)(C)CCCCCCO[N+](=O)[O-])cc1OC2(C)C. The van der Waals surface area contributed by atoms with Gasteiger partial charge >= 0.3 is 0 Å². The third-order valence-corrected chi connectivity index (χ3v) is 7.34. The molecule has 3 rings (SSSR count). The van der Waals surface area contributed by atoms with Crippen molar-refractivity contribution >= 4 is 0 Å². The average molecular weight is 432 g/mol. The first-order valence-electron chi connectivity index (χ1n) is 11.4. The van der Waals surface area contributed by atoms with Crippen LogP contribution in [0.4, 0.5) is 0 Å². The van der Waals surface area contributed by atoms with Gasteiger partial charge in [-0.2, -0.15) is 0 Å². The number of rotatable bonds is 9. The van der Waals surface area contributed by atoms with Crippen molar-refractivity contribution in [2.24, 2.45) is 0 Å². The quantitative estimate of drug-likeness (QED) is 0.230. The van der Waals surface area contributed by atoms with Crippen LogP contribution in [-0.4, -0.2) is 28.0 Å². The molecule has 0 aromatic heterocycles. The second-order valence-corrected chi connectivity index (χ2v) is 10.4. The number of benzene rings is 1. The van der Waals surface area contributed by atoms with Gasteiger partial charge in [0.25, 0.3) is 5.09 Å². The number of hydrogen-bond donors (Lipinski definition) is 1. The van der Waals surface area contributed by atoms with Crippen LogP contribution in [0.2, 0.25) is 0 Å². The summed E-state index contributed by atoms with van der Waals surface area (Å²) >= 11 is 0. The Kier molecular flexibility index (Phi) is 6.70. The number of aliphatic hydroxyl groups is 1. The van der Waals surface area contributed by atoms with Crippen LogP contribution in [0.1, 0.15) is 96.6 Å². The first-order valence-corrected chi connectivity index (χ1v) is 11.4. The van der Waals surface area contributed by atoms with Gasteiger partial charge in [-0.05, 0) is 63.5 Å². The molecule has 1 aliphatic carbocycles. The monoisotopic (exact) mass is 431 g/mol. The van der Waals surface area contributed by atoms with E-state index in [4.69, 9.17) is 4.74 Å². The molecule has 0 radical (unpaired) electrons. The minimum Gasteiger partial charge on any atom is -0.485 e. The van der Waals surface area contributed by atoms with Gasteiger partial charge in [-0.15, -0.1) is 10.1 Å². The Morgan fingerprint density at radius 3 is 2.68 bits per heavy atom. The molecule has 1 N–H and O–H groups in total. The standard InChI is InChI=1S/C25H37NO5/c1-18-12-14-25(27)21(16-18)20-11-10-19(17-22(20)31-24(25,4)5)23(2,3)13-8-6-7-9-15-30-26(28)29/h10-12,17,21,27H,6-9,13-16H2,1-5H3/t21-,25-/m1/s1. The van der Waals surface area contributed by atoms with Gasteiger partial charge in [0.1, 0.15) is 17.0 Å². The molecule has 0 spiro atoms. The normalized spacial score (nSPS) is 24.5. The topological polar surface area (TPSA) is 81.8 Å². The Morgan fingerprint density at radius 2 is 1.97 bits per heavy atom. The highest BCUT2D eigenvalue weighted by Gasteiger charge is 2.56. The van der Waals surface area contributed by atoms with E-state index in [0.717, 1.165) is 43.4 Å². The number of hydrogen-bond acceptors (Lipinski definition) is 5. The maximum atomic E-state index is 11.5. The van der Waals surface area contributed by atoms with Crippen LogP contribution in [-0.2, 0) is 10.3 Å². The van der Waals surface area contributed by atoms with E-state index < -0.39 is 16.3 Å². The van der Waals surface area contributed by atoms with Gasteiger partial charge in [0.15, 0.2) is 0 Å². The molecule has 172 valence electrons. The van der Waals surface area contributed by atoms with E-state index in [-0.39, 0.29) is 17.9 Å². The van der Waals surface area contributed by atoms with Crippen molar-refractivity contribution in [2.75, 3.05) is 6.61 Å². The smallest absolute Gasteiger partial charge is 0.294 e. The summed E-state index contributed by atoms with van der Waals surface area (Å²) in [6, 6.07) is 6.53. The Labute approximate surface area is 185 Å². The van der Waals surface area contributed by atoms with E-state index >= 15 is 0 Å². The molecule has 0 saturated heterocycles. The fourth-order valence-corrected chi connectivity index (χ4v) is 5.08. The molecule has 1 aromatic carbocycles. The Bertz CT molecular complexity index is 844. The van der Waals surface area contributed by atoms with Gasteiger partial charge in [0.2, 0.25) is 0 Å². The third-order valence-electron chi connectivity index (χ3n) is 7.34. The van der Waals surface area contributed by atoms with Crippen molar-refractivity contribution in [3.63, 3.8) is 0 Å². The first kappa shape index (κ1) is 23.6. The van der Waals surface area contributed by atoms with Crippen LogP contribution in [0.5, 0.6) is 5.75 Å². The van der Waals surface area contributed by atoms with Crippen LogP contribution < -0.4 is 4.74 Å². The maximum absolute atomic E-state index is 11.5. The lowest BCUT2D eigenvalue weighted by Gasteiger charge is -2.53. The highest BCUT2D eigenvalue weighted by Crippen LogP contribution is 2.54. The summed E-state index contributed by atoms with van der Waals surface area (Å²) < 4.78 is 6.40. The van der Waals surface area contributed by atoms with E-state index in [2.05, 4.69) is 49.9 Å². The molecule has 2 aliphatic rings. The number of allylic oxidation sites excluding steroid dienone is 1. The van der Waals surface area contributed by atoms with E-state index in [1.54, 1.807) is 0 Å². The summed E-state index contributed by atoms with van der Waals surface area (Å²) in [5.74, 6) is 0.951. The van der Waals surface area contributed by atoms with Gasteiger partial charge in [-0.1, -0.05) is 56.9 Å². The van der Waals surface area contributed by atoms with E-state index in [9.17, 15) is 15.2 Å². The molecule has 1 heterocycles. The summed E-state index contributed by atoms with van der Waals surface area (Å²) in [4.78, 5) is 14.6. The molecule has 31 heavy (non-hydrogen) atoms. The zero-order valence-corrected chi connectivity index (χ0v) is 19.6. The predicted molar refractivity (Wildman–Crippen MR) is 121 cm³/mol. The van der Waals surface area contributed by atoms with E-state index in [0.29, 0.717) is 12.8 Å². The average Bonchev–Trinajstić information content (AvgIpc) is 2.68. The molecule has 6 nitrogen and oxygen atoms in total. The molecule has 0 amide bonds. The summed E-state index contributed by atoms with van der Waals surface area (Å²) in [5, 5.41) is 21.0. The predicted octanol–water partition coefficient (Wildman–Crippen LogP) is 5.85. The molecule has 6 heteroatoms. The molecule has 0 bridgehead atoms. The second kappa shape index (κ2) is 8.81. The lowest BCUT2D eigenvalue weighted by atomic mass is 9.63. The molecular weight excluding hydrogens is 394 g/mol. The lowest BCUT2D eigenvalue weighted by Crippen LogP contribution is -2.60. The lowest BCUT2D eigenvalue weighted by molar-refractivity contribution is -0.757. The van der Waals surface area contributed by atoms with Gasteiger partial charge in [-0.3, -0.25) is 0 Å². The van der Waals surface area contributed by atoms with Crippen LogP contribution in [0, 0.1) is 10.1 Å². The molecular formula is C25H37NO5. The zero-order valence-electron chi connectivity index (χ0n) is 19.6. The fourth-order valence-electron chi connectivity index (χ4n) is 5.08. The van der Waals surface area contributed by atoms with Crippen molar-refractivity contribution in [1.82, 2.24) is 0 Å². The number of fused-ring (bicyclic) bond motifs is 3. The number of ether oxygens (including phenoxy) is 1. The van der Waals surface area contributed by atoms with Gasteiger partial charge in [0.05, 0.1) is 6.61 Å². The maximum Gasteiger partial charge on any atom is 0.294 e. The second-order valence-electron chi connectivity index (χ2n) is 10.4. The molecule has 2 atom stereocenters. The van der Waals surface area contributed by atoms with Gasteiger partial charge in [0, 0.05) is 11.5 Å². The Balaban J connectivity index is 1.68. The van der Waals surface area contributed by atoms with Crippen LogP contribution >= 0.6 is 0 Å². The third kappa shape index (κ3) is 4.89. The minimum atomic E-state index is -0.893. The summed E-state index contributed by atoms with van der Waals surface area (Å²) in [6.07, 6.45) is 8.38. The Hall–Kier alpha value is -2.08. The molecule has 1 aromatic rings. The van der Waals surface area contributed by atoms with Crippen molar-refractivity contribution in [3.8, 4) is 5.75 Å². The van der Waals surface area contributed by atoms with Crippen LogP contribution in [0.15, 0.2) is 29.8 Å². The van der Waals surface area contributed by atoms with Gasteiger partial charge < -0.3 is 14.7 Å². The fraction of sp³-hybridized carbons (Fsp3) is 0.680. The number of nitrogens with zero attached hydrogens (tertiary/aromatic N) is 1. The van der Waals surface area contributed by atoms with Crippen molar-refractivity contribution in [3.05, 3.63) is 51.1 Å². The molecule has 1 aliphatic heterocycles. The Morgan fingerprint density at radius 1 is 1.26 bits per heavy atom. The first-order chi connectivity index (χ1) is 14.5. The minimum absolute atomic E-state index is 0.00396. The highest BCUT2D eigenvalue weighted by atomic mass is 16.9. The van der Waals surface area contributed by atoms with E-state index in [1.165, 1.54) is 11.1 Å². The van der Waals surface area contributed by atoms with Crippen LogP contribution in [0.25, 0.3) is 0 Å². The summed E-state index contributed by atoms with van der Waals surface area (Å²) in [5.41, 5.74) is 2.13. The van der Waals surface area contributed by atoms with Crippen molar-refractivity contribution < 1.29 is 19.8 Å². The molecule has 0 unspecified atom stereocenters. The van der Waals surface area contributed by atoms with Crippen LogP contribution in [0.3, 0.4) is 0 Å². The molecule has 0 fully saturated rings. The summed E-state index contributed by atoms with van der Waals surface area (Å²) in [6.45, 7) is 10.8. The van der Waals surface area contributed by atoms with Crippen molar-refractivity contribution in [1.29, 1.82) is 0 Å². The highest BCUT2D eigenvalue weighted by molar-refractivity contribution is 5.48. The summed E-state index contributed by atoms with van der Waals surface area (Å²) in [7, 11) is 0.